The third-order valence-electron chi connectivity index (χ3n) is 7.25. The molecule has 2 aliphatic rings. The van der Waals surface area contributed by atoms with Gasteiger partial charge in [0.15, 0.2) is 0 Å². The van der Waals surface area contributed by atoms with Gasteiger partial charge in [-0.25, -0.2) is 0 Å². The van der Waals surface area contributed by atoms with E-state index in [0.717, 1.165) is 36.8 Å². The fourth-order valence-electron chi connectivity index (χ4n) is 5.13. The fourth-order valence-corrected chi connectivity index (χ4v) is 5.13. The van der Waals surface area contributed by atoms with Crippen LogP contribution in [0.15, 0.2) is 78.9 Å². The zero-order valence-electron chi connectivity index (χ0n) is 23.0. The monoisotopic (exact) mass is 509 g/mol. The van der Waals surface area contributed by atoms with Crippen LogP contribution >= 0.6 is 0 Å². The molecule has 0 bridgehead atoms. The van der Waals surface area contributed by atoms with Crippen LogP contribution in [0.5, 0.6) is 0 Å². The number of carbonyl (C=O) groups excluding carboxylic acids is 2. The van der Waals surface area contributed by atoms with Gasteiger partial charge in [-0.2, -0.15) is 0 Å². The molecule has 4 nitrogen and oxygen atoms in total. The van der Waals surface area contributed by atoms with Gasteiger partial charge in [-0.05, 0) is 71.6 Å². The summed E-state index contributed by atoms with van der Waals surface area (Å²) in [7, 11) is 3.51. The van der Waals surface area contributed by atoms with Gasteiger partial charge in [-0.1, -0.05) is 86.7 Å². The first kappa shape index (κ1) is 27.4. The normalized spacial score (nSPS) is 16.9. The van der Waals surface area contributed by atoms with Gasteiger partial charge in [0.2, 0.25) is 0 Å². The molecular weight excluding hydrogens is 470 g/mol. The first-order chi connectivity index (χ1) is 18.3. The average Bonchev–Trinajstić information content (AvgIpc) is 3.53. The predicted octanol–water partition coefficient (Wildman–Crippen LogP) is 7.08. The topological polar surface area (TPSA) is 46.6 Å². The minimum Gasteiger partial charge on any atom is -0.457 e. The number of nitrogens with zero attached hydrogens (tertiary/aromatic N) is 1. The number of amides is 1. The highest BCUT2D eigenvalue weighted by atomic mass is 16.5. The molecule has 0 fully saturated rings. The molecule has 1 amide bonds. The Balaban J connectivity index is 0.000000311. The van der Waals surface area contributed by atoms with Crippen LogP contribution in [0.1, 0.15) is 71.0 Å². The molecule has 0 radical (unpaired) electrons. The summed E-state index contributed by atoms with van der Waals surface area (Å²) in [6.45, 7) is 4.23. The van der Waals surface area contributed by atoms with Gasteiger partial charge in [-0.15, -0.1) is 0 Å². The van der Waals surface area contributed by atoms with E-state index in [9.17, 15) is 9.59 Å². The molecule has 0 heterocycles. The molecule has 2 atom stereocenters. The van der Waals surface area contributed by atoms with E-state index in [1.807, 2.05) is 36.4 Å². The number of allylic oxidation sites excluding steroid dienone is 1. The zero-order valence-corrected chi connectivity index (χ0v) is 23.0. The molecule has 0 spiro atoms. The van der Waals surface area contributed by atoms with Crippen molar-refractivity contribution in [3.8, 4) is 0 Å². The van der Waals surface area contributed by atoms with Crippen molar-refractivity contribution in [3.63, 3.8) is 0 Å². The summed E-state index contributed by atoms with van der Waals surface area (Å²) in [5.74, 6) is 0.586. The van der Waals surface area contributed by atoms with Gasteiger partial charge in [0.25, 0.3) is 5.91 Å². The Kier molecular flexibility index (Phi) is 9.17. The number of hydrogen-bond acceptors (Lipinski definition) is 3. The molecule has 198 valence electrons. The summed E-state index contributed by atoms with van der Waals surface area (Å²) >= 11 is 0. The van der Waals surface area contributed by atoms with Crippen LogP contribution in [0.4, 0.5) is 0 Å². The van der Waals surface area contributed by atoms with Crippen LogP contribution in [0.2, 0.25) is 0 Å². The van der Waals surface area contributed by atoms with Gasteiger partial charge < -0.3 is 9.64 Å². The van der Waals surface area contributed by atoms with E-state index in [0.29, 0.717) is 17.9 Å². The lowest BCUT2D eigenvalue weighted by Gasteiger charge is -2.22. The Hall–Kier alpha value is -3.66. The maximum Gasteiger partial charge on any atom is 0.306 e. The largest absolute Gasteiger partial charge is 0.457 e. The van der Waals surface area contributed by atoms with E-state index in [-0.39, 0.29) is 23.9 Å². The SMILES string of the molecule is C1=Cc2ccccc2C1.CC(C)CCC(=O)OC1c2ccccc2CC1Cc1ccc(C(=O)N(C)C)cc1. The Labute approximate surface area is 227 Å². The van der Waals surface area contributed by atoms with Gasteiger partial charge in [0.05, 0.1) is 0 Å². The number of fused-ring (bicyclic) bond motifs is 2. The second-order valence-electron chi connectivity index (χ2n) is 10.9. The number of benzene rings is 3. The van der Waals surface area contributed by atoms with Crippen LogP contribution in [0.3, 0.4) is 0 Å². The smallest absolute Gasteiger partial charge is 0.306 e. The van der Waals surface area contributed by atoms with Crippen molar-refractivity contribution in [1.29, 1.82) is 0 Å². The Bertz CT molecular complexity index is 1270. The Morgan fingerprint density at radius 1 is 0.921 bits per heavy atom. The number of esters is 1. The third kappa shape index (κ3) is 7.00. The van der Waals surface area contributed by atoms with Crippen LogP contribution < -0.4 is 0 Å². The lowest BCUT2D eigenvalue weighted by Crippen LogP contribution is -2.21. The summed E-state index contributed by atoms with van der Waals surface area (Å²) in [5, 5.41) is 0. The average molecular weight is 510 g/mol. The van der Waals surface area contributed by atoms with E-state index >= 15 is 0 Å². The highest BCUT2D eigenvalue weighted by Crippen LogP contribution is 2.41. The van der Waals surface area contributed by atoms with E-state index in [1.54, 1.807) is 19.0 Å². The lowest BCUT2D eigenvalue weighted by atomic mass is 9.94. The quantitative estimate of drug-likeness (QED) is 0.320. The van der Waals surface area contributed by atoms with Crippen molar-refractivity contribution in [3.05, 3.63) is 112 Å². The zero-order chi connectivity index (χ0) is 27.1. The Morgan fingerprint density at radius 2 is 1.61 bits per heavy atom. The summed E-state index contributed by atoms with van der Waals surface area (Å²) in [6, 6.07) is 24.5. The summed E-state index contributed by atoms with van der Waals surface area (Å²) in [4.78, 5) is 26.1. The highest BCUT2D eigenvalue weighted by Gasteiger charge is 2.35. The molecule has 0 aromatic heterocycles. The van der Waals surface area contributed by atoms with Gasteiger partial charge >= 0.3 is 5.97 Å². The second kappa shape index (κ2) is 12.7. The van der Waals surface area contributed by atoms with Gasteiger partial charge in [-0.3, -0.25) is 9.59 Å². The molecule has 4 heteroatoms. The van der Waals surface area contributed by atoms with E-state index < -0.39 is 0 Å². The van der Waals surface area contributed by atoms with Crippen molar-refractivity contribution in [2.45, 2.75) is 52.1 Å². The first-order valence-corrected chi connectivity index (χ1v) is 13.6. The van der Waals surface area contributed by atoms with Crippen LogP contribution in [-0.2, 0) is 28.8 Å². The molecule has 0 saturated carbocycles. The predicted molar refractivity (Wildman–Crippen MR) is 154 cm³/mol. The van der Waals surface area contributed by atoms with Crippen LogP contribution in [0.25, 0.3) is 6.08 Å². The minimum absolute atomic E-state index is 0.00165. The fraction of sp³-hybridized carbons (Fsp3) is 0.353. The number of ether oxygens (including phenoxy) is 1. The molecule has 2 aliphatic carbocycles. The van der Waals surface area contributed by atoms with Crippen molar-refractivity contribution in [2.75, 3.05) is 14.1 Å². The molecule has 0 aliphatic heterocycles. The van der Waals surface area contributed by atoms with Crippen LogP contribution in [0, 0.1) is 11.8 Å². The lowest BCUT2D eigenvalue weighted by molar-refractivity contribution is -0.152. The third-order valence-corrected chi connectivity index (χ3v) is 7.25. The maximum absolute atomic E-state index is 12.4. The van der Waals surface area contributed by atoms with E-state index in [1.165, 1.54) is 16.7 Å². The molecule has 3 aromatic rings. The van der Waals surface area contributed by atoms with Crippen molar-refractivity contribution >= 4 is 18.0 Å². The molecular formula is C34H39NO3. The van der Waals surface area contributed by atoms with Gasteiger partial charge in [0.1, 0.15) is 6.10 Å². The summed E-state index contributed by atoms with van der Waals surface area (Å²) in [6.07, 6.45) is 8.32. The molecule has 3 aromatic carbocycles. The molecule has 38 heavy (non-hydrogen) atoms. The summed E-state index contributed by atoms with van der Waals surface area (Å²) in [5.41, 5.74) is 7.08. The standard InChI is InChI=1S/C25H31NO3.C9H8/c1-17(2)9-14-23(27)29-24-21(16-20-7-5-6-8-22(20)24)15-18-10-12-19(13-11-18)25(28)26(3)4;1-2-5-9-7-3-6-8(9)4-1/h5-8,10-13,17,21,24H,9,14-16H2,1-4H3;1-6H,7H2. The van der Waals surface area contributed by atoms with E-state index in [4.69, 9.17) is 4.74 Å². The minimum atomic E-state index is -0.200. The second-order valence-corrected chi connectivity index (χ2v) is 10.9. The first-order valence-electron chi connectivity index (χ1n) is 13.6. The molecule has 2 unspecified atom stereocenters. The van der Waals surface area contributed by atoms with Crippen molar-refractivity contribution < 1.29 is 14.3 Å². The van der Waals surface area contributed by atoms with Crippen molar-refractivity contribution in [2.24, 2.45) is 11.8 Å². The maximum atomic E-state index is 12.4. The van der Waals surface area contributed by atoms with Crippen molar-refractivity contribution in [1.82, 2.24) is 4.90 Å². The molecule has 5 rings (SSSR count). The highest BCUT2D eigenvalue weighted by molar-refractivity contribution is 5.93. The van der Waals surface area contributed by atoms with Crippen LogP contribution in [-0.4, -0.2) is 30.9 Å². The number of hydrogen-bond donors (Lipinski definition) is 0. The Morgan fingerprint density at radius 3 is 2.29 bits per heavy atom. The van der Waals surface area contributed by atoms with Gasteiger partial charge in [0, 0.05) is 32.0 Å². The molecule has 0 N–H and O–H groups in total. The summed E-state index contributed by atoms with van der Waals surface area (Å²) < 4.78 is 5.97. The molecule has 0 saturated heterocycles. The van der Waals surface area contributed by atoms with E-state index in [2.05, 4.69) is 62.4 Å². The number of rotatable bonds is 7. The number of carbonyl (C=O) groups is 2.